The summed E-state index contributed by atoms with van der Waals surface area (Å²) in [6.45, 7) is 0. The van der Waals surface area contributed by atoms with Gasteiger partial charge in [-0.05, 0) is 41.5 Å². The molecule has 2 heterocycles. The van der Waals surface area contributed by atoms with Gasteiger partial charge in [-0.15, -0.1) is 0 Å². The fourth-order valence-electron chi connectivity index (χ4n) is 3.76. The molecule has 0 bridgehead atoms. The van der Waals surface area contributed by atoms with Crippen molar-refractivity contribution < 1.29 is 4.42 Å². The van der Waals surface area contributed by atoms with E-state index in [1.807, 2.05) is 48.5 Å². The topological polar surface area (TPSA) is 28.9 Å². The van der Waals surface area contributed by atoms with Crippen LogP contribution in [0.15, 0.2) is 102 Å². The van der Waals surface area contributed by atoms with E-state index in [2.05, 4.69) is 53.6 Å². The van der Waals surface area contributed by atoms with Crippen molar-refractivity contribution in [1.82, 2.24) is 4.98 Å². The van der Waals surface area contributed by atoms with Gasteiger partial charge in [-0.3, -0.25) is 0 Å². The van der Waals surface area contributed by atoms with Crippen LogP contribution < -0.4 is 0 Å². The third-order valence-corrected chi connectivity index (χ3v) is 5.32. The lowest BCUT2D eigenvalue weighted by atomic mass is 9.89. The highest BCUT2D eigenvalue weighted by Crippen LogP contribution is 2.39. The number of aromatic nitrogens is 1. The highest BCUT2D eigenvalue weighted by Gasteiger charge is 2.23. The van der Waals surface area contributed by atoms with Crippen LogP contribution in [-0.2, 0) is 0 Å². The lowest BCUT2D eigenvalue weighted by Crippen LogP contribution is -2.01. The summed E-state index contributed by atoms with van der Waals surface area (Å²) >= 11 is 6.29. The van der Waals surface area contributed by atoms with Gasteiger partial charge in [0.05, 0.1) is 5.92 Å². The number of halogens is 1. The second kappa shape index (κ2) is 7.06. The van der Waals surface area contributed by atoms with Gasteiger partial charge in [0.1, 0.15) is 11.5 Å². The summed E-state index contributed by atoms with van der Waals surface area (Å²) in [5.74, 6) is 1.76. The normalized spacial score (nSPS) is 12.3. The number of nitrogens with one attached hydrogen (secondary N) is 1. The fourth-order valence-corrected chi connectivity index (χ4v) is 3.93. The second-order valence-electron chi connectivity index (χ2n) is 6.85. The van der Waals surface area contributed by atoms with E-state index in [1.54, 1.807) is 0 Å². The van der Waals surface area contributed by atoms with Crippen LogP contribution in [0.5, 0.6) is 0 Å². The third-order valence-electron chi connectivity index (χ3n) is 5.09. The molecule has 0 saturated heterocycles. The summed E-state index contributed by atoms with van der Waals surface area (Å²) in [5, 5.41) is 1.84. The predicted octanol–water partition coefficient (Wildman–Crippen LogP) is 7.26. The van der Waals surface area contributed by atoms with Crippen molar-refractivity contribution in [3.05, 3.63) is 119 Å². The SMILES string of the molecule is Clc1ccc2[nH]cc(C(c3ccccc3)c3ccc(-c4ccccc4)o3)c2c1. The molecule has 0 radical (unpaired) electrons. The Kier molecular flexibility index (Phi) is 4.27. The standard InChI is InChI=1S/C25H18ClNO/c26-19-11-12-22-20(15-19)21(16-27-22)25(18-9-5-2-6-10-18)24-14-13-23(28-24)17-7-3-1-4-8-17/h1-16,25,27H. The van der Waals surface area contributed by atoms with Gasteiger partial charge in [0, 0.05) is 27.7 Å². The van der Waals surface area contributed by atoms with Crippen molar-refractivity contribution in [2.24, 2.45) is 0 Å². The van der Waals surface area contributed by atoms with Crippen LogP contribution in [0.1, 0.15) is 22.8 Å². The highest BCUT2D eigenvalue weighted by molar-refractivity contribution is 6.31. The zero-order valence-corrected chi connectivity index (χ0v) is 15.9. The molecule has 5 aromatic rings. The number of hydrogen-bond acceptors (Lipinski definition) is 1. The van der Waals surface area contributed by atoms with Gasteiger partial charge in [-0.2, -0.15) is 0 Å². The minimum absolute atomic E-state index is 0.0223. The van der Waals surface area contributed by atoms with E-state index in [-0.39, 0.29) is 5.92 Å². The van der Waals surface area contributed by atoms with Crippen LogP contribution in [0.25, 0.3) is 22.2 Å². The van der Waals surface area contributed by atoms with E-state index in [0.29, 0.717) is 0 Å². The van der Waals surface area contributed by atoms with Gasteiger partial charge in [-0.1, -0.05) is 72.3 Å². The first-order chi connectivity index (χ1) is 13.8. The summed E-state index contributed by atoms with van der Waals surface area (Å²) in [6, 6.07) is 30.7. The minimum Gasteiger partial charge on any atom is -0.460 e. The lowest BCUT2D eigenvalue weighted by Gasteiger charge is -2.15. The molecule has 2 nitrogen and oxygen atoms in total. The Labute approximate surface area is 168 Å². The minimum atomic E-state index is -0.0223. The van der Waals surface area contributed by atoms with Crippen LogP contribution in [-0.4, -0.2) is 4.98 Å². The maximum absolute atomic E-state index is 6.34. The van der Waals surface area contributed by atoms with Crippen LogP contribution in [0.4, 0.5) is 0 Å². The van der Waals surface area contributed by atoms with Crippen molar-refractivity contribution in [2.45, 2.75) is 5.92 Å². The average molecular weight is 384 g/mol. The van der Waals surface area contributed by atoms with Gasteiger partial charge in [0.25, 0.3) is 0 Å². The summed E-state index contributed by atoms with van der Waals surface area (Å²) in [6.07, 6.45) is 2.06. The zero-order valence-electron chi connectivity index (χ0n) is 15.1. The molecule has 0 amide bonds. The highest BCUT2D eigenvalue weighted by atomic mass is 35.5. The smallest absolute Gasteiger partial charge is 0.134 e. The Morgan fingerprint density at radius 1 is 0.786 bits per heavy atom. The fraction of sp³-hybridized carbons (Fsp3) is 0.0400. The summed E-state index contributed by atoms with van der Waals surface area (Å²) in [5.41, 5.74) is 4.47. The van der Waals surface area contributed by atoms with Crippen LogP contribution in [0.2, 0.25) is 5.02 Å². The first kappa shape index (κ1) is 16.9. The molecule has 0 aliphatic carbocycles. The van der Waals surface area contributed by atoms with Gasteiger partial charge >= 0.3 is 0 Å². The number of benzene rings is 3. The monoisotopic (exact) mass is 383 g/mol. The Morgan fingerprint density at radius 2 is 1.54 bits per heavy atom. The Bertz CT molecular complexity index is 1220. The first-order valence-electron chi connectivity index (χ1n) is 9.26. The van der Waals surface area contributed by atoms with E-state index in [9.17, 15) is 0 Å². The molecule has 0 aliphatic rings. The average Bonchev–Trinajstić information content (AvgIpc) is 3.38. The van der Waals surface area contributed by atoms with E-state index in [1.165, 1.54) is 5.56 Å². The molecule has 3 heteroatoms. The van der Waals surface area contributed by atoms with E-state index >= 15 is 0 Å². The van der Waals surface area contributed by atoms with Crippen LogP contribution in [0.3, 0.4) is 0 Å². The van der Waals surface area contributed by atoms with Gasteiger partial charge in [0.15, 0.2) is 0 Å². The number of rotatable bonds is 4. The van der Waals surface area contributed by atoms with Crippen molar-refractivity contribution in [2.75, 3.05) is 0 Å². The summed E-state index contributed by atoms with van der Waals surface area (Å²) in [7, 11) is 0. The molecule has 0 saturated carbocycles. The molecular weight excluding hydrogens is 366 g/mol. The number of furan rings is 1. The second-order valence-corrected chi connectivity index (χ2v) is 7.28. The molecule has 28 heavy (non-hydrogen) atoms. The predicted molar refractivity (Wildman–Crippen MR) is 115 cm³/mol. The first-order valence-corrected chi connectivity index (χ1v) is 9.64. The zero-order chi connectivity index (χ0) is 18.9. The molecule has 1 atom stereocenters. The molecule has 1 N–H and O–H groups in total. The molecular formula is C25H18ClNO. The molecule has 3 aromatic carbocycles. The summed E-state index contributed by atoms with van der Waals surface area (Å²) in [4.78, 5) is 3.37. The van der Waals surface area contributed by atoms with Crippen molar-refractivity contribution >= 4 is 22.5 Å². The lowest BCUT2D eigenvalue weighted by molar-refractivity contribution is 0.516. The Balaban J connectivity index is 1.68. The van der Waals surface area contributed by atoms with Crippen molar-refractivity contribution in [1.29, 1.82) is 0 Å². The quantitative estimate of drug-likeness (QED) is 0.347. The molecule has 1 unspecified atom stereocenters. The van der Waals surface area contributed by atoms with E-state index in [4.69, 9.17) is 16.0 Å². The number of aromatic amines is 1. The molecule has 0 fully saturated rings. The van der Waals surface area contributed by atoms with Crippen molar-refractivity contribution in [3.8, 4) is 11.3 Å². The largest absolute Gasteiger partial charge is 0.460 e. The maximum Gasteiger partial charge on any atom is 0.134 e. The molecule has 2 aromatic heterocycles. The van der Waals surface area contributed by atoms with Gasteiger partial charge in [0.2, 0.25) is 0 Å². The van der Waals surface area contributed by atoms with Crippen LogP contribution in [0, 0.1) is 0 Å². The number of fused-ring (bicyclic) bond motifs is 1. The molecule has 5 rings (SSSR count). The third kappa shape index (κ3) is 3.02. The van der Waals surface area contributed by atoms with E-state index < -0.39 is 0 Å². The molecule has 0 aliphatic heterocycles. The van der Waals surface area contributed by atoms with Gasteiger partial charge in [-0.25, -0.2) is 0 Å². The number of H-pyrrole nitrogens is 1. The van der Waals surface area contributed by atoms with Gasteiger partial charge < -0.3 is 9.40 Å². The Hall–Kier alpha value is -3.23. The maximum atomic E-state index is 6.34. The van der Waals surface area contributed by atoms with Crippen molar-refractivity contribution in [3.63, 3.8) is 0 Å². The molecule has 0 spiro atoms. The summed E-state index contributed by atoms with van der Waals surface area (Å²) < 4.78 is 6.34. The van der Waals surface area contributed by atoms with Crippen LogP contribution >= 0.6 is 11.6 Å². The van der Waals surface area contributed by atoms with E-state index in [0.717, 1.165) is 38.6 Å². The number of hydrogen-bond donors (Lipinski definition) is 1. The molecule has 136 valence electrons. The Morgan fingerprint density at radius 3 is 2.32 bits per heavy atom.